The third-order valence-electron chi connectivity index (χ3n) is 4.63. The summed E-state index contributed by atoms with van der Waals surface area (Å²) in [5.74, 6) is 0.136. The van der Waals surface area contributed by atoms with Crippen LogP contribution in [0.15, 0.2) is 83.5 Å². The zero-order valence-electron chi connectivity index (χ0n) is 16.6. The predicted molar refractivity (Wildman–Crippen MR) is 116 cm³/mol. The minimum Gasteiger partial charge on any atom is -0.489 e. The number of rotatable bonds is 6. The van der Waals surface area contributed by atoms with Crippen molar-refractivity contribution in [3.63, 3.8) is 0 Å². The first-order valence-corrected chi connectivity index (χ1v) is 9.54. The largest absolute Gasteiger partial charge is 0.489 e. The van der Waals surface area contributed by atoms with Crippen LogP contribution in [0.25, 0.3) is 6.08 Å². The molecule has 1 heterocycles. The first kappa shape index (κ1) is 20.0. The van der Waals surface area contributed by atoms with Crippen molar-refractivity contribution in [3.8, 4) is 5.75 Å². The monoisotopic (exact) mass is 414 g/mol. The number of non-ortho nitro benzene ring substituents is 1. The Labute approximate surface area is 178 Å². The van der Waals surface area contributed by atoms with Gasteiger partial charge in [-0.15, -0.1) is 0 Å². The lowest BCUT2D eigenvalue weighted by Crippen LogP contribution is -2.05. The molecule has 0 spiro atoms. The van der Waals surface area contributed by atoms with Crippen molar-refractivity contribution in [1.29, 1.82) is 0 Å². The van der Waals surface area contributed by atoms with Gasteiger partial charge in [0.05, 0.1) is 4.92 Å². The number of cyclic esters (lactones) is 1. The third-order valence-corrected chi connectivity index (χ3v) is 4.63. The van der Waals surface area contributed by atoms with E-state index in [1.165, 1.54) is 23.8 Å². The molecule has 0 N–H and O–H groups in total. The van der Waals surface area contributed by atoms with Crippen molar-refractivity contribution in [1.82, 2.24) is 0 Å². The fraction of sp³-hybridized carbons (Fsp3) is 0.0833. The molecule has 0 fully saturated rings. The summed E-state index contributed by atoms with van der Waals surface area (Å²) in [6.07, 6.45) is 1.59. The second-order valence-corrected chi connectivity index (χ2v) is 6.99. The van der Waals surface area contributed by atoms with Crippen LogP contribution in [0.1, 0.15) is 22.3 Å². The molecule has 0 aliphatic carbocycles. The third kappa shape index (κ3) is 4.84. The molecule has 0 atom stereocenters. The summed E-state index contributed by atoms with van der Waals surface area (Å²) in [7, 11) is 0. The van der Waals surface area contributed by atoms with E-state index in [9.17, 15) is 14.9 Å². The maximum Gasteiger partial charge on any atom is 0.363 e. The summed E-state index contributed by atoms with van der Waals surface area (Å²) in [4.78, 5) is 26.8. The lowest BCUT2D eigenvalue weighted by Gasteiger charge is -2.07. The molecule has 7 heteroatoms. The van der Waals surface area contributed by atoms with Crippen molar-refractivity contribution in [3.05, 3.63) is 111 Å². The van der Waals surface area contributed by atoms with Crippen LogP contribution in [0, 0.1) is 17.0 Å². The number of carbonyl (C=O) groups excluding carboxylic acids is 1. The molecule has 3 aromatic carbocycles. The topological polar surface area (TPSA) is 91.0 Å². The number of aliphatic imine (C=N–C) groups is 1. The highest BCUT2D eigenvalue weighted by Crippen LogP contribution is 2.23. The molecule has 154 valence electrons. The molecule has 1 aliphatic rings. The SMILES string of the molecule is Cc1ccc(COc2ccc(/C=C3/N=C(c4cccc([N+](=O)[O-])c4)OC3=O)cc2)cc1. The van der Waals surface area contributed by atoms with Gasteiger partial charge >= 0.3 is 5.97 Å². The number of ether oxygens (including phenoxy) is 2. The molecular weight excluding hydrogens is 396 g/mol. The lowest BCUT2D eigenvalue weighted by atomic mass is 10.1. The Hall–Kier alpha value is -4.26. The summed E-state index contributed by atoms with van der Waals surface area (Å²) >= 11 is 0. The molecule has 0 amide bonds. The molecule has 0 unspecified atom stereocenters. The minimum absolute atomic E-state index is 0.0398. The van der Waals surface area contributed by atoms with Gasteiger partial charge in [0.25, 0.3) is 5.69 Å². The normalized spacial score (nSPS) is 14.3. The van der Waals surface area contributed by atoms with Crippen LogP contribution in [0.5, 0.6) is 5.75 Å². The van der Waals surface area contributed by atoms with E-state index in [1.54, 1.807) is 12.1 Å². The lowest BCUT2D eigenvalue weighted by molar-refractivity contribution is -0.384. The van der Waals surface area contributed by atoms with Gasteiger partial charge in [-0.3, -0.25) is 10.1 Å². The average molecular weight is 414 g/mol. The smallest absolute Gasteiger partial charge is 0.363 e. The van der Waals surface area contributed by atoms with Gasteiger partial charge in [0.2, 0.25) is 5.90 Å². The predicted octanol–water partition coefficient (Wildman–Crippen LogP) is 4.83. The molecule has 3 aromatic rings. The quantitative estimate of drug-likeness (QED) is 0.249. The van der Waals surface area contributed by atoms with E-state index in [0.717, 1.165) is 11.1 Å². The van der Waals surface area contributed by atoms with E-state index in [-0.39, 0.29) is 17.3 Å². The number of nitro benzene ring substituents is 1. The number of hydrogen-bond acceptors (Lipinski definition) is 6. The number of benzene rings is 3. The van der Waals surface area contributed by atoms with Gasteiger partial charge in [-0.2, -0.15) is 0 Å². The van der Waals surface area contributed by atoms with Crippen LogP contribution in [0.2, 0.25) is 0 Å². The highest BCUT2D eigenvalue weighted by Gasteiger charge is 2.25. The Morgan fingerprint density at radius 3 is 2.52 bits per heavy atom. The Morgan fingerprint density at radius 1 is 1.06 bits per heavy atom. The van der Waals surface area contributed by atoms with Gasteiger partial charge in [0.15, 0.2) is 5.70 Å². The Kier molecular flexibility index (Phi) is 5.57. The van der Waals surface area contributed by atoms with Crippen molar-refractivity contribution in [2.24, 2.45) is 4.99 Å². The molecule has 0 saturated carbocycles. The molecule has 0 bridgehead atoms. The molecule has 0 aromatic heterocycles. The molecule has 0 radical (unpaired) electrons. The van der Waals surface area contributed by atoms with Crippen LogP contribution in [0.3, 0.4) is 0 Å². The summed E-state index contributed by atoms with van der Waals surface area (Å²) in [5, 5.41) is 10.9. The first-order valence-electron chi connectivity index (χ1n) is 9.54. The number of esters is 1. The van der Waals surface area contributed by atoms with E-state index < -0.39 is 10.9 Å². The second-order valence-electron chi connectivity index (χ2n) is 6.99. The van der Waals surface area contributed by atoms with Gasteiger partial charge in [0.1, 0.15) is 12.4 Å². The highest BCUT2D eigenvalue weighted by atomic mass is 16.6. The summed E-state index contributed by atoms with van der Waals surface area (Å²) < 4.78 is 11.0. The number of nitro groups is 1. The summed E-state index contributed by atoms with van der Waals surface area (Å²) in [6.45, 7) is 2.50. The van der Waals surface area contributed by atoms with Gasteiger partial charge in [0, 0.05) is 17.7 Å². The first-order chi connectivity index (χ1) is 15.0. The van der Waals surface area contributed by atoms with Gasteiger partial charge < -0.3 is 9.47 Å². The van der Waals surface area contributed by atoms with Crippen molar-refractivity contribution in [2.45, 2.75) is 13.5 Å². The van der Waals surface area contributed by atoms with Gasteiger partial charge in [-0.1, -0.05) is 48.0 Å². The number of nitrogens with zero attached hydrogens (tertiary/aromatic N) is 2. The van der Waals surface area contributed by atoms with Crippen LogP contribution >= 0.6 is 0 Å². The van der Waals surface area contributed by atoms with E-state index >= 15 is 0 Å². The maximum atomic E-state index is 12.2. The molecule has 0 saturated heterocycles. The van der Waals surface area contributed by atoms with Crippen molar-refractivity contribution in [2.75, 3.05) is 0 Å². The van der Waals surface area contributed by atoms with Gasteiger partial charge in [-0.05, 0) is 42.3 Å². The minimum atomic E-state index is -0.610. The number of hydrogen-bond donors (Lipinski definition) is 0. The number of carbonyl (C=O) groups is 1. The van der Waals surface area contributed by atoms with E-state index in [0.29, 0.717) is 17.9 Å². The van der Waals surface area contributed by atoms with E-state index in [4.69, 9.17) is 9.47 Å². The average Bonchev–Trinajstić information content (AvgIpc) is 3.14. The molecule has 31 heavy (non-hydrogen) atoms. The van der Waals surface area contributed by atoms with Crippen LogP contribution < -0.4 is 4.74 Å². The summed E-state index contributed by atoms with van der Waals surface area (Å²) in [5.41, 5.74) is 3.41. The number of aryl methyl sites for hydroxylation is 1. The van der Waals surface area contributed by atoms with Gasteiger partial charge in [-0.25, -0.2) is 9.79 Å². The fourth-order valence-electron chi connectivity index (χ4n) is 2.95. The van der Waals surface area contributed by atoms with Crippen molar-refractivity contribution >= 4 is 23.6 Å². The molecular formula is C24H18N2O5. The zero-order valence-corrected chi connectivity index (χ0v) is 16.6. The van der Waals surface area contributed by atoms with Crippen LogP contribution in [0.4, 0.5) is 5.69 Å². The van der Waals surface area contributed by atoms with E-state index in [1.807, 2.05) is 55.5 Å². The van der Waals surface area contributed by atoms with E-state index in [2.05, 4.69) is 4.99 Å². The maximum absolute atomic E-state index is 12.2. The molecule has 7 nitrogen and oxygen atoms in total. The zero-order chi connectivity index (χ0) is 21.8. The summed E-state index contributed by atoms with van der Waals surface area (Å²) in [6, 6.07) is 21.2. The van der Waals surface area contributed by atoms with Crippen LogP contribution in [-0.2, 0) is 16.1 Å². The molecule has 1 aliphatic heterocycles. The van der Waals surface area contributed by atoms with Crippen LogP contribution in [-0.4, -0.2) is 16.8 Å². The second kappa shape index (κ2) is 8.62. The standard InChI is InChI=1S/C24H18N2O5/c1-16-5-7-18(8-6-16)15-30-21-11-9-17(10-12-21)13-22-24(27)31-23(25-22)19-3-2-4-20(14-19)26(28)29/h2-14H,15H2,1H3/b22-13+. The highest BCUT2D eigenvalue weighted by molar-refractivity contribution is 6.13. The Balaban J connectivity index is 1.46. The van der Waals surface area contributed by atoms with Crippen molar-refractivity contribution < 1.29 is 19.2 Å². The fourth-order valence-corrected chi connectivity index (χ4v) is 2.95. The Bertz CT molecular complexity index is 1200. The molecule has 4 rings (SSSR count). The Morgan fingerprint density at radius 2 is 1.81 bits per heavy atom.